The molecule has 1 atom stereocenters. The van der Waals surface area contributed by atoms with E-state index in [9.17, 15) is 19.5 Å². The van der Waals surface area contributed by atoms with Crippen molar-refractivity contribution in [3.63, 3.8) is 0 Å². The molecular weight excluding hydrogens is 362 g/mol. The van der Waals surface area contributed by atoms with Crippen LogP contribution in [0.5, 0.6) is 5.75 Å². The molecule has 28 heavy (non-hydrogen) atoms. The minimum Gasteiger partial charge on any atom is -0.508 e. The molecule has 2 aromatic carbocycles. The number of nitrogens with one attached hydrogen (secondary N) is 1. The number of carbonyl (C=O) groups is 3. The second kappa shape index (κ2) is 9.96. The predicted molar refractivity (Wildman–Crippen MR) is 102 cm³/mol. The van der Waals surface area contributed by atoms with Crippen molar-refractivity contribution in [3.05, 3.63) is 65.7 Å². The van der Waals surface area contributed by atoms with Crippen molar-refractivity contribution in [2.45, 2.75) is 19.1 Å². The van der Waals surface area contributed by atoms with Gasteiger partial charge in [-0.2, -0.15) is 0 Å². The van der Waals surface area contributed by atoms with Crippen LogP contribution in [0.3, 0.4) is 0 Å². The van der Waals surface area contributed by atoms with Gasteiger partial charge in [0.1, 0.15) is 24.9 Å². The molecule has 0 aromatic heterocycles. The molecule has 0 saturated heterocycles. The van der Waals surface area contributed by atoms with Crippen LogP contribution in [-0.4, -0.2) is 47.5 Å². The van der Waals surface area contributed by atoms with Crippen LogP contribution in [-0.2, 0) is 27.4 Å². The molecule has 2 aromatic rings. The van der Waals surface area contributed by atoms with Crippen LogP contribution in [0, 0.1) is 0 Å². The molecule has 0 aliphatic carbocycles. The zero-order chi connectivity index (χ0) is 20.5. The Bertz CT molecular complexity index is 808. The van der Waals surface area contributed by atoms with Crippen molar-refractivity contribution < 1.29 is 24.2 Å². The number of benzene rings is 2. The maximum absolute atomic E-state index is 12.2. The number of primary amides is 1. The smallest absolute Gasteiger partial charge is 0.410 e. The highest BCUT2D eigenvalue weighted by atomic mass is 16.6. The number of phenols is 1. The summed E-state index contributed by atoms with van der Waals surface area (Å²) in [5.41, 5.74) is 6.91. The standard InChI is InChI=1S/C20H23N3O5/c1-23(20(27)28-13-15-5-3-2-4-6-15)12-18(25)22-17(19(21)26)11-14-7-9-16(24)10-8-14/h2-10,17,24H,11-13H2,1H3,(H2,21,26)(H,22,25). The van der Waals surface area contributed by atoms with Crippen molar-refractivity contribution in [2.24, 2.45) is 5.73 Å². The molecule has 0 spiro atoms. The number of likely N-dealkylation sites (N-methyl/N-ethyl adjacent to an activating group) is 1. The minimum absolute atomic E-state index is 0.0936. The van der Waals surface area contributed by atoms with Crippen molar-refractivity contribution in [1.82, 2.24) is 10.2 Å². The molecule has 0 bridgehead atoms. The van der Waals surface area contributed by atoms with Crippen LogP contribution >= 0.6 is 0 Å². The quantitative estimate of drug-likeness (QED) is 0.630. The van der Waals surface area contributed by atoms with E-state index in [0.29, 0.717) is 0 Å². The number of rotatable bonds is 8. The van der Waals surface area contributed by atoms with E-state index < -0.39 is 23.9 Å². The van der Waals surface area contributed by atoms with E-state index in [-0.39, 0.29) is 25.3 Å². The van der Waals surface area contributed by atoms with Gasteiger partial charge in [-0.05, 0) is 23.3 Å². The Morgan fingerprint density at radius 2 is 1.71 bits per heavy atom. The van der Waals surface area contributed by atoms with Crippen LogP contribution in [0.15, 0.2) is 54.6 Å². The molecule has 148 valence electrons. The predicted octanol–water partition coefficient (Wildman–Crippen LogP) is 1.17. The number of hydrogen-bond acceptors (Lipinski definition) is 5. The Hall–Kier alpha value is -3.55. The van der Waals surface area contributed by atoms with Gasteiger partial charge in [-0.1, -0.05) is 42.5 Å². The van der Waals surface area contributed by atoms with Gasteiger partial charge in [-0.3, -0.25) is 9.59 Å². The fraction of sp³-hybridized carbons (Fsp3) is 0.250. The average molecular weight is 385 g/mol. The first-order chi connectivity index (χ1) is 13.3. The van der Waals surface area contributed by atoms with E-state index in [0.717, 1.165) is 16.0 Å². The maximum Gasteiger partial charge on any atom is 0.410 e. The van der Waals surface area contributed by atoms with Crippen LogP contribution in [0.25, 0.3) is 0 Å². The third-order valence-electron chi connectivity index (χ3n) is 3.95. The van der Waals surface area contributed by atoms with Crippen LogP contribution in [0.1, 0.15) is 11.1 Å². The lowest BCUT2D eigenvalue weighted by Gasteiger charge is -2.20. The van der Waals surface area contributed by atoms with Gasteiger partial charge in [0.25, 0.3) is 0 Å². The fourth-order valence-electron chi connectivity index (χ4n) is 2.44. The molecule has 2 rings (SSSR count). The van der Waals surface area contributed by atoms with Gasteiger partial charge in [0.2, 0.25) is 11.8 Å². The largest absolute Gasteiger partial charge is 0.508 e. The molecule has 0 fully saturated rings. The highest BCUT2D eigenvalue weighted by Crippen LogP contribution is 2.11. The third kappa shape index (κ3) is 6.64. The number of nitrogens with zero attached hydrogens (tertiary/aromatic N) is 1. The molecule has 0 radical (unpaired) electrons. The number of carbonyl (C=O) groups excluding carboxylic acids is 3. The van der Waals surface area contributed by atoms with Gasteiger partial charge in [-0.25, -0.2) is 4.79 Å². The minimum atomic E-state index is -0.939. The van der Waals surface area contributed by atoms with Crippen molar-refractivity contribution in [2.75, 3.05) is 13.6 Å². The van der Waals surface area contributed by atoms with Crippen LogP contribution in [0.4, 0.5) is 4.79 Å². The topological polar surface area (TPSA) is 122 Å². The normalized spacial score (nSPS) is 11.3. The Kier molecular flexibility index (Phi) is 7.38. The first-order valence-electron chi connectivity index (χ1n) is 8.63. The SMILES string of the molecule is CN(CC(=O)NC(Cc1ccc(O)cc1)C(N)=O)C(=O)OCc1ccccc1. The van der Waals surface area contributed by atoms with Crippen molar-refractivity contribution in [1.29, 1.82) is 0 Å². The number of nitrogens with two attached hydrogens (primary N) is 1. The Morgan fingerprint density at radius 3 is 2.32 bits per heavy atom. The molecular formula is C20H23N3O5. The first-order valence-corrected chi connectivity index (χ1v) is 8.63. The second-order valence-corrected chi connectivity index (χ2v) is 6.29. The maximum atomic E-state index is 12.2. The summed E-state index contributed by atoms with van der Waals surface area (Å²) in [7, 11) is 1.42. The second-order valence-electron chi connectivity index (χ2n) is 6.29. The van der Waals surface area contributed by atoms with E-state index in [1.165, 1.54) is 19.2 Å². The van der Waals surface area contributed by atoms with Gasteiger partial charge in [0, 0.05) is 13.5 Å². The average Bonchev–Trinajstić information content (AvgIpc) is 2.67. The van der Waals surface area contributed by atoms with Crippen molar-refractivity contribution >= 4 is 17.9 Å². The number of phenolic OH excluding ortho intramolecular Hbond substituents is 1. The molecule has 0 aliphatic heterocycles. The summed E-state index contributed by atoms with van der Waals surface area (Å²) >= 11 is 0. The summed E-state index contributed by atoms with van der Waals surface area (Å²) in [6, 6.07) is 14.4. The molecule has 0 heterocycles. The summed E-state index contributed by atoms with van der Waals surface area (Å²) in [6.45, 7) is -0.191. The number of aromatic hydroxyl groups is 1. The Balaban J connectivity index is 1.84. The monoisotopic (exact) mass is 385 g/mol. The lowest BCUT2D eigenvalue weighted by molar-refractivity contribution is -0.127. The van der Waals surface area contributed by atoms with Gasteiger partial charge < -0.3 is 25.8 Å². The summed E-state index contributed by atoms with van der Waals surface area (Å²) < 4.78 is 5.14. The molecule has 0 saturated carbocycles. The van der Waals surface area contributed by atoms with Crippen LogP contribution < -0.4 is 11.1 Å². The first kappa shape index (κ1) is 20.8. The van der Waals surface area contributed by atoms with Crippen molar-refractivity contribution in [3.8, 4) is 5.75 Å². The van der Waals surface area contributed by atoms with E-state index in [4.69, 9.17) is 10.5 Å². The summed E-state index contributed by atoms with van der Waals surface area (Å²) in [5.74, 6) is -1.14. The molecule has 1 unspecified atom stereocenters. The van der Waals surface area contributed by atoms with Crippen LogP contribution in [0.2, 0.25) is 0 Å². The van der Waals surface area contributed by atoms with E-state index in [2.05, 4.69) is 5.32 Å². The zero-order valence-electron chi connectivity index (χ0n) is 15.5. The van der Waals surface area contributed by atoms with E-state index >= 15 is 0 Å². The van der Waals surface area contributed by atoms with E-state index in [1.54, 1.807) is 12.1 Å². The number of hydrogen-bond donors (Lipinski definition) is 3. The summed E-state index contributed by atoms with van der Waals surface area (Å²) in [4.78, 5) is 36.9. The summed E-state index contributed by atoms with van der Waals surface area (Å²) in [6.07, 6.45) is -0.489. The number of ether oxygens (including phenoxy) is 1. The van der Waals surface area contributed by atoms with E-state index in [1.807, 2.05) is 30.3 Å². The van der Waals surface area contributed by atoms with Gasteiger partial charge in [0.05, 0.1) is 0 Å². The number of amides is 3. The molecule has 8 nitrogen and oxygen atoms in total. The third-order valence-corrected chi connectivity index (χ3v) is 3.95. The lowest BCUT2D eigenvalue weighted by Crippen LogP contribution is -2.49. The fourth-order valence-corrected chi connectivity index (χ4v) is 2.44. The lowest BCUT2D eigenvalue weighted by atomic mass is 10.1. The Morgan fingerprint density at radius 1 is 1.07 bits per heavy atom. The zero-order valence-corrected chi connectivity index (χ0v) is 15.5. The molecule has 8 heteroatoms. The Labute approximate surface area is 162 Å². The molecule has 3 amide bonds. The molecule has 4 N–H and O–H groups in total. The van der Waals surface area contributed by atoms with Gasteiger partial charge in [0.15, 0.2) is 0 Å². The van der Waals surface area contributed by atoms with Gasteiger partial charge >= 0.3 is 6.09 Å². The highest BCUT2D eigenvalue weighted by Gasteiger charge is 2.21. The molecule has 0 aliphatic rings. The summed E-state index contributed by atoms with van der Waals surface area (Å²) in [5, 5.41) is 11.8. The van der Waals surface area contributed by atoms with Gasteiger partial charge in [-0.15, -0.1) is 0 Å². The highest BCUT2D eigenvalue weighted by molar-refractivity contribution is 5.88.